The molecule has 61 heavy (non-hydrogen) atoms. The van der Waals surface area contributed by atoms with Crippen LogP contribution in [0.25, 0.3) is 44.9 Å². The second kappa shape index (κ2) is 16.5. The molecule has 9 rings (SSSR count). The highest BCUT2D eigenvalue weighted by Gasteiger charge is 2.26. The molecular weight excluding hydrogens is 757 g/mol. The summed E-state index contributed by atoms with van der Waals surface area (Å²) < 4.78 is 35.4. The van der Waals surface area contributed by atoms with Gasteiger partial charge in [-0.3, -0.25) is 9.88 Å². The van der Waals surface area contributed by atoms with Gasteiger partial charge in [-0.05, 0) is 123 Å². The molecule has 0 spiro atoms. The minimum absolute atomic E-state index is 0.400. The fraction of sp³-hybridized carbons (Fsp3) is 0.0741. The summed E-state index contributed by atoms with van der Waals surface area (Å²) in [6, 6.07) is 62.0. The highest BCUT2D eigenvalue weighted by atomic mass is 19.1. The third kappa shape index (κ3) is 7.94. The summed E-state index contributed by atoms with van der Waals surface area (Å²) in [6.07, 6.45) is 3.66. The highest BCUT2D eigenvalue weighted by Crippen LogP contribution is 2.42. The van der Waals surface area contributed by atoms with Gasteiger partial charge in [0.1, 0.15) is 17.5 Å². The minimum atomic E-state index is -0.535. The van der Waals surface area contributed by atoms with Crippen LogP contribution in [0.4, 0.5) is 43.0 Å². The predicted molar refractivity (Wildman–Crippen MR) is 246 cm³/mol. The summed E-state index contributed by atoms with van der Waals surface area (Å²) in [5, 5.41) is 0. The van der Waals surface area contributed by atoms with Gasteiger partial charge in [0, 0.05) is 51.1 Å². The molecule has 0 fully saturated rings. The quantitative estimate of drug-likeness (QED) is 0.138. The molecule has 7 heteroatoms. The Labute approximate surface area is 355 Å². The van der Waals surface area contributed by atoms with Crippen molar-refractivity contribution in [2.75, 3.05) is 9.80 Å². The van der Waals surface area contributed by atoms with Gasteiger partial charge in [0.2, 0.25) is 0 Å². The van der Waals surface area contributed by atoms with Gasteiger partial charge in [-0.25, -0.2) is 13.8 Å². The normalized spacial score (nSPS) is 11.4. The number of aromatic nitrogens is 3. The maximum absolute atomic E-state index is 16.7. The van der Waals surface area contributed by atoms with Crippen molar-refractivity contribution in [1.29, 1.82) is 0 Å². The van der Waals surface area contributed by atoms with Crippen molar-refractivity contribution >= 4 is 34.3 Å². The smallest absolute Gasteiger partial charge is 0.137 e. The fourth-order valence-electron chi connectivity index (χ4n) is 7.91. The molecule has 0 atom stereocenters. The number of rotatable bonds is 10. The summed E-state index contributed by atoms with van der Waals surface area (Å²) in [4.78, 5) is 13.5. The lowest BCUT2D eigenvalue weighted by atomic mass is 10.0. The second-order valence-corrected chi connectivity index (χ2v) is 15.8. The van der Waals surface area contributed by atoms with Gasteiger partial charge in [-0.2, -0.15) is 0 Å². The van der Waals surface area contributed by atoms with Gasteiger partial charge in [0.05, 0.1) is 34.7 Å². The van der Waals surface area contributed by atoms with Crippen LogP contribution < -0.4 is 9.80 Å². The van der Waals surface area contributed by atoms with Crippen molar-refractivity contribution in [1.82, 2.24) is 14.5 Å². The van der Waals surface area contributed by atoms with Crippen LogP contribution in [0.3, 0.4) is 0 Å². The fourth-order valence-corrected chi connectivity index (χ4v) is 7.91. The van der Waals surface area contributed by atoms with Gasteiger partial charge in [0.25, 0.3) is 0 Å². The molecule has 298 valence electrons. The van der Waals surface area contributed by atoms with E-state index in [1.165, 1.54) is 0 Å². The van der Waals surface area contributed by atoms with E-state index in [4.69, 9.17) is 9.97 Å². The van der Waals surface area contributed by atoms with E-state index in [1.54, 1.807) is 24.3 Å². The number of benzene rings is 6. The molecule has 0 saturated heterocycles. The summed E-state index contributed by atoms with van der Waals surface area (Å²) in [5.74, 6) is -0.151. The Morgan fingerprint density at radius 3 is 1.38 bits per heavy atom. The van der Waals surface area contributed by atoms with Gasteiger partial charge in [-0.1, -0.05) is 97.1 Å². The molecular formula is C54H43F2N5. The first-order valence-corrected chi connectivity index (χ1v) is 20.3. The topological polar surface area (TPSA) is 37.2 Å². The largest absolute Gasteiger partial charge is 0.335 e. The second-order valence-electron chi connectivity index (χ2n) is 15.8. The Morgan fingerprint density at radius 2 is 0.902 bits per heavy atom. The van der Waals surface area contributed by atoms with Crippen LogP contribution >= 0.6 is 0 Å². The lowest BCUT2D eigenvalue weighted by Crippen LogP contribution is -2.24. The first-order valence-electron chi connectivity index (χ1n) is 20.3. The number of hydrogen-bond acceptors (Lipinski definition) is 4. The van der Waals surface area contributed by atoms with E-state index in [-0.39, 0.29) is 0 Å². The lowest BCUT2D eigenvalue weighted by Gasteiger charge is -2.29. The van der Waals surface area contributed by atoms with Crippen LogP contribution in [0.1, 0.15) is 20.8 Å². The molecule has 0 saturated carbocycles. The van der Waals surface area contributed by atoms with E-state index in [1.807, 2.05) is 217 Å². The number of anilines is 6. The predicted octanol–water partition coefficient (Wildman–Crippen LogP) is 14.9. The van der Waals surface area contributed by atoms with E-state index < -0.39 is 17.2 Å². The Hall–Kier alpha value is -7.64. The maximum atomic E-state index is 16.7. The van der Waals surface area contributed by atoms with E-state index >= 15 is 8.78 Å². The number of hydrogen-bond donors (Lipinski definition) is 0. The molecule has 6 aromatic carbocycles. The first kappa shape index (κ1) is 38.9. The first-order chi connectivity index (χ1) is 29.7. The number of nitrogens with zero attached hydrogens (tertiary/aromatic N) is 5. The van der Waals surface area contributed by atoms with Crippen LogP contribution in [0.5, 0.6) is 0 Å². The minimum Gasteiger partial charge on any atom is -0.335 e. The molecule has 0 unspecified atom stereocenters. The van der Waals surface area contributed by atoms with Gasteiger partial charge in [-0.15, -0.1) is 0 Å². The molecule has 0 N–H and O–H groups in total. The SMILES string of the molecule is CC(C)(C)n1c(-c2ccc(N(c3ccccc3)c3ccc(-c4ccccc4)nc3)cc2F)ccc1-c1ccc(N(c2ccccc2)c2ccc(-c3ccccc3)cn2)cc1F. The van der Waals surface area contributed by atoms with Crippen LogP contribution in [-0.2, 0) is 5.54 Å². The van der Waals surface area contributed by atoms with Crippen LogP contribution in [-0.4, -0.2) is 14.5 Å². The molecule has 3 heterocycles. The van der Waals surface area contributed by atoms with E-state index in [0.29, 0.717) is 39.7 Å². The van der Waals surface area contributed by atoms with Crippen LogP contribution in [0.15, 0.2) is 207 Å². The Morgan fingerprint density at radius 1 is 0.410 bits per heavy atom. The molecule has 0 aliphatic heterocycles. The highest BCUT2D eigenvalue weighted by molar-refractivity contribution is 5.81. The molecule has 9 aromatic rings. The Bertz CT molecular complexity index is 2700. The maximum Gasteiger partial charge on any atom is 0.137 e. The average Bonchev–Trinajstić information content (AvgIpc) is 3.74. The zero-order chi connectivity index (χ0) is 41.9. The Kier molecular flexibility index (Phi) is 10.5. The monoisotopic (exact) mass is 799 g/mol. The van der Waals surface area contributed by atoms with E-state index in [9.17, 15) is 0 Å². The molecule has 5 nitrogen and oxygen atoms in total. The lowest BCUT2D eigenvalue weighted by molar-refractivity contribution is 0.406. The average molecular weight is 800 g/mol. The van der Waals surface area contributed by atoms with E-state index in [0.717, 1.165) is 39.4 Å². The van der Waals surface area contributed by atoms with Crippen molar-refractivity contribution in [2.45, 2.75) is 26.3 Å². The third-order valence-corrected chi connectivity index (χ3v) is 10.7. The third-order valence-electron chi connectivity index (χ3n) is 10.7. The van der Waals surface area contributed by atoms with Crippen molar-refractivity contribution in [3.8, 4) is 44.9 Å². The van der Waals surface area contributed by atoms with Crippen molar-refractivity contribution < 1.29 is 8.78 Å². The van der Waals surface area contributed by atoms with Crippen molar-refractivity contribution in [3.63, 3.8) is 0 Å². The summed E-state index contributed by atoms with van der Waals surface area (Å²) in [5.41, 5.74) is 9.26. The molecule has 0 bridgehead atoms. The molecule has 0 aliphatic carbocycles. The number of para-hydroxylation sites is 2. The van der Waals surface area contributed by atoms with Crippen LogP contribution in [0, 0.1) is 11.6 Å². The molecule has 0 radical (unpaired) electrons. The van der Waals surface area contributed by atoms with Gasteiger partial charge in [0.15, 0.2) is 0 Å². The summed E-state index contributed by atoms with van der Waals surface area (Å²) >= 11 is 0. The zero-order valence-corrected chi connectivity index (χ0v) is 34.1. The Balaban J connectivity index is 1.07. The van der Waals surface area contributed by atoms with Crippen molar-refractivity contribution in [3.05, 3.63) is 218 Å². The summed E-state index contributed by atoms with van der Waals surface area (Å²) in [6.45, 7) is 6.14. The zero-order valence-electron chi connectivity index (χ0n) is 34.1. The molecule has 0 aliphatic rings. The van der Waals surface area contributed by atoms with E-state index in [2.05, 4.69) is 0 Å². The van der Waals surface area contributed by atoms with Crippen molar-refractivity contribution in [2.24, 2.45) is 0 Å². The standard InChI is InChI=1S/C54H43F2N5/c1-54(2,3)61-51(46-28-25-43(34-48(46)55)59(41-20-12-6-13-21-41)45-27-30-50(57-37-45)39-18-10-5-11-19-39)31-32-52(61)47-29-26-44(35-49(47)56)60(42-22-14-7-15-23-42)53-33-24-40(36-58-53)38-16-8-4-9-17-38/h4-37H,1-3H3. The van der Waals surface area contributed by atoms with Crippen LogP contribution in [0.2, 0.25) is 0 Å². The van der Waals surface area contributed by atoms with Gasteiger partial charge < -0.3 is 9.47 Å². The number of pyridine rings is 2. The number of halogens is 2. The molecule has 0 amide bonds. The van der Waals surface area contributed by atoms with Gasteiger partial charge >= 0.3 is 0 Å². The summed E-state index contributed by atoms with van der Waals surface area (Å²) in [7, 11) is 0. The molecule has 3 aromatic heterocycles.